The number of carbonyl (C=O) groups excluding carboxylic acids is 3. The van der Waals surface area contributed by atoms with E-state index in [2.05, 4.69) is 4.90 Å². The van der Waals surface area contributed by atoms with Gasteiger partial charge in [-0.3, -0.25) is 14.5 Å². The number of rotatable bonds is 15. The molecule has 1 aliphatic heterocycles. The van der Waals surface area contributed by atoms with Gasteiger partial charge in [0.2, 0.25) is 5.75 Å². The van der Waals surface area contributed by atoms with Crippen molar-refractivity contribution in [1.82, 2.24) is 4.90 Å². The lowest BCUT2D eigenvalue weighted by molar-refractivity contribution is -0.120. The average molecular weight is 648 g/mol. The third-order valence-corrected chi connectivity index (χ3v) is 8.59. The molecule has 3 aromatic carbocycles. The van der Waals surface area contributed by atoms with Crippen LogP contribution in [0, 0.1) is 0 Å². The van der Waals surface area contributed by atoms with E-state index >= 15 is 0 Å². The normalized spacial score (nSPS) is 12.9. The van der Waals surface area contributed by atoms with Crippen LogP contribution < -0.4 is 23.7 Å². The van der Waals surface area contributed by atoms with Crippen molar-refractivity contribution in [2.75, 3.05) is 46.1 Å². The molecule has 46 heavy (non-hydrogen) atoms. The number of thiophene rings is 1. The Balaban J connectivity index is 1.57. The van der Waals surface area contributed by atoms with Crippen LogP contribution in [0.25, 0.3) is 20.5 Å². The van der Waals surface area contributed by atoms with Crippen LogP contribution in [0.15, 0.2) is 54.6 Å². The highest BCUT2D eigenvalue weighted by Gasteiger charge is 2.29. The number of hydrogen-bond acceptors (Lipinski definition) is 11. The van der Waals surface area contributed by atoms with Gasteiger partial charge in [0.15, 0.2) is 17.3 Å². The molecule has 1 saturated heterocycles. The molecule has 0 atom stereocenters. The minimum atomic E-state index is -0.802. The van der Waals surface area contributed by atoms with Crippen molar-refractivity contribution in [3.8, 4) is 39.2 Å². The van der Waals surface area contributed by atoms with Crippen molar-refractivity contribution in [3.05, 3.63) is 65.7 Å². The summed E-state index contributed by atoms with van der Waals surface area (Å²) in [6, 6.07) is 15.6. The van der Waals surface area contributed by atoms with E-state index in [1.807, 2.05) is 13.8 Å². The molecule has 2 heterocycles. The van der Waals surface area contributed by atoms with Crippen LogP contribution in [0.2, 0.25) is 0 Å². The number of ether oxygens (including phenoxy) is 6. The van der Waals surface area contributed by atoms with E-state index in [0.717, 1.165) is 19.6 Å². The standard InChI is InChI=1S/C35H37NO9S/c1-4-40-27-21-28-29(33(41-5-2)32(27)44-22-37)30(34(46-28)24-11-15-26(16-12-24)45-35(39)42-6-3)31(38)23-9-13-25(14-10-23)43-20-19-36-17-7-8-18-36/h9-16,21-22H,4-8,17-20H2,1-3H3. The molecule has 0 spiro atoms. The fourth-order valence-corrected chi connectivity index (χ4v) is 6.61. The van der Waals surface area contributed by atoms with Crippen LogP contribution >= 0.6 is 11.3 Å². The van der Waals surface area contributed by atoms with Gasteiger partial charge in [0.05, 0.1) is 30.8 Å². The van der Waals surface area contributed by atoms with Crippen molar-refractivity contribution >= 4 is 39.8 Å². The summed E-state index contributed by atoms with van der Waals surface area (Å²) >= 11 is 1.37. The van der Waals surface area contributed by atoms with E-state index in [0.29, 0.717) is 68.6 Å². The van der Waals surface area contributed by atoms with E-state index in [-0.39, 0.29) is 30.5 Å². The molecule has 242 valence electrons. The Kier molecular flexibility index (Phi) is 11.1. The maximum absolute atomic E-state index is 14.4. The summed E-state index contributed by atoms with van der Waals surface area (Å²) in [7, 11) is 0. The summed E-state index contributed by atoms with van der Waals surface area (Å²) in [5, 5.41) is 0.505. The predicted molar refractivity (Wildman–Crippen MR) is 175 cm³/mol. The maximum atomic E-state index is 14.4. The fourth-order valence-electron chi connectivity index (χ4n) is 5.37. The first kappa shape index (κ1) is 32.8. The molecule has 1 aliphatic rings. The van der Waals surface area contributed by atoms with E-state index in [1.54, 1.807) is 61.5 Å². The predicted octanol–water partition coefficient (Wildman–Crippen LogP) is 7.14. The number of carbonyl (C=O) groups is 3. The zero-order chi connectivity index (χ0) is 32.5. The molecule has 0 amide bonds. The summed E-state index contributed by atoms with van der Waals surface area (Å²) in [5.74, 6) is 1.40. The van der Waals surface area contributed by atoms with Gasteiger partial charge in [0, 0.05) is 27.8 Å². The number of benzene rings is 3. The van der Waals surface area contributed by atoms with Crippen molar-refractivity contribution in [2.45, 2.75) is 33.6 Å². The van der Waals surface area contributed by atoms with Crippen LogP contribution in [0.3, 0.4) is 0 Å². The summed E-state index contributed by atoms with van der Waals surface area (Å²) < 4.78 is 34.0. The zero-order valence-corrected chi connectivity index (χ0v) is 27.0. The van der Waals surface area contributed by atoms with Gasteiger partial charge in [-0.25, -0.2) is 4.79 Å². The molecule has 5 rings (SSSR count). The highest BCUT2D eigenvalue weighted by molar-refractivity contribution is 7.23. The summed E-state index contributed by atoms with van der Waals surface area (Å²) in [6.45, 7) is 10.0. The molecule has 0 radical (unpaired) electrons. The SMILES string of the molecule is CCOC(=O)Oc1ccc(-c2sc3cc(OCC)c(OC=O)c(OCC)c3c2C(=O)c2ccc(OCCN3CCCC3)cc2)cc1. The van der Waals surface area contributed by atoms with Crippen LogP contribution in [0.4, 0.5) is 4.79 Å². The number of hydrogen-bond donors (Lipinski definition) is 0. The number of ketones is 1. The Morgan fingerprint density at radius 3 is 2.20 bits per heavy atom. The van der Waals surface area contributed by atoms with Gasteiger partial charge in [-0.15, -0.1) is 11.3 Å². The summed E-state index contributed by atoms with van der Waals surface area (Å²) in [5.41, 5.74) is 1.54. The zero-order valence-electron chi connectivity index (χ0n) is 26.2. The smallest absolute Gasteiger partial charge is 0.492 e. The minimum Gasteiger partial charge on any atom is -0.492 e. The Morgan fingerprint density at radius 1 is 0.848 bits per heavy atom. The van der Waals surface area contributed by atoms with E-state index in [1.165, 1.54) is 24.2 Å². The van der Waals surface area contributed by atoms with Gasteiger partial charge in [0.1, 0.15) is 18.1 Å². The third-order valence-electron chi connectivity index (χ3n) is 7.41. The van der Waals surface area contributed by atoms with Gasteiger partial charge in [-0.2, -0.15) is 0 Å². The van der Waals surface area contributed by atoms with Gasteiger partial charge in [-0.1, -0.05) is 0 Å². The fraction of sp³-hybridized carbons (Fsp3) is 0.343. The Bertz CT molecular complexity index is 1660. The molecule has 4 aromatic rings. The first-order chi connectivity index (χ1) is 22.5. The number of likely N-dealkylation sites (tertiary alicyclic amines) is 1. The van der Waals surface area contributed by atoms with E-state index in [9.17, 15) is 14.4 Å². The number of fused-ring (bicyclic) bond motifs is 1. The second kappa shape index (κ2) is 15.6. The van der Waals surface area contributed by atoms with Crippen molar-refractivity contribution in [1.29, 1.82) is 0 Å². The second-order valence-electron chi connectivity index (χ2n) is 10.4. The van der Waals surface area contributed by atoms with Crippen LogP contribution in [-0.4, -0.2) is 69.4 Å². The molecular weight excluding hydrogens is 610 g/mol. The van der Waals surface area contributed by atoms with Crippen LogP contribution in [-0.2, 0) is 9.53 Å². The summed E-state index contributed by atoms with van der Waals surface area (Å²) in [6.07, 6.45) is 1.65. The lowest BCUT2D eigenvalue weighted by atomic mass is 9.96. The molecule has 11 heteroatoms. The molecule has 10 nitrogen and oxygen atoms in total. The monoisotopic (exact) mass is 647 g/mol. The van der Waals surface area contributed by atoms with Gasteiger partial charge in [-0.05, 0) is 101 Å². The Morgan fingerprint density at radius 2 is 1.54 bits per heavy atom. The molecule has 0 N–H and O–H groups in total. The van der Waals surface area contributed by atoms with Crippen molar-refractivity contribution in [2.24, 2.45) is 0 Å². The molecule has 1 aromatic heterocycles. The number of nitrogens with zero attached hydrogens (tertiary/aromatic N) is 1. The maximum Gasteiger partial charge on any atom is 0.513 e. The van der Waals surface area contributed by atoms with E-state index in [4.69, 9.17) is 28.4 Å². The molecule has 0 saturated carbocycles. The van der Waals surface area contributed by atoms with Gasteiger partial charge in [0.25, 0.3) is 6.47 Å². The minimum absolute atomic E-state index is 0.101. The molecule has 0 bridgehead atoms. The van der Waals surface area contributed by atoms with Crippen molar-refractivity contribution in [3.63, 3.8) is 0 Å². The third kappa shape index (κ3) is 7.43. The molecule has 0 aliphatic carbocycles. The molecular formula is C35H37NO9S. The highest BCUT2D eigenvalue weighted by Crippen LogP contribution is 2.51. The molecule has 1 fully saturated rings. The largest absolute Gasteiger partial charge is 0.513 e. The Hall–Kier alpha value is -4.61. The molecule has 0 unspecified atom stereocenters. The average Bonchev–Trinajstić information content (AvgIpc) is 3.71. The van der Waals surface area contributed by atoms with Crippen molar-refractivity contribution < 1.29 is 42.8 Å². The first-order valence-electron chi connectivity index (χ1n) is 15.4. The second-order valence-corrected chi connectivity index (χ2v) is 11.4. The summed E-state index contributed by atoms with van der Waals surface area (Å²) in [4.78, 5) is 40.8. The quantitative estimate of drug-likeness (QED) is 0.0571. The lowest BCUT2D eigenvalue weighted by Crippen LogP contribution is -2.25. The first-order valence-corrected chi connectivity index (χ1v) is 16.2. The van der Waals surface area contributed by atoms with Gasteiger partial charge >= 0.3 is 6.16 Å². The van der Waals surface area contributed by atoms with Crippen LogP contribution in [0.5, 0.6) is 28.7 Å². The van der Waals surface area contributed by atoms with E-state index < -0.39 is 6.16 Å². The Labute approximate surface area is 271 Å². The van der Waals surface area contributed by atoms with Gasteiger partial charge < -0.3 is 28.4 Å². The lowest BCUT2D eigenvalue weighted by Gasteiger charge is -2.16. The van der Waals surface area contributed by atoms with Crippen LogP contribution in [0.1, 0.15) is 49.5 Å². The highest BCUT2D eigenvalue weighted by atomic mass is 32.1. The topological polar surface area (TPSA) is 110 Å².